The number of methoxy groups -OCH3 is 2. The van der Waals surface area contributed by atoms with Gasteiger partial charge in [0.15, 0.2) is 0 Å². The Hall–Kier alpha value is -3.02. The van der Waals surface area contributed by atoms with Gasteiger partial charge in [0.2, 0.25) is 5.91 Å². The summed E-state index contributed by atoms with van der Waals surface area (Å²) in [7, 11) is 3.25. The van der Waals surface area contributed by atoms with Gasteiger partial charge < -0.3 is 19.3 Å². The van der Waals surface area contributed by atoms with E-state index in [1.807, 2.05) is 52.3 Å². The number of rotatable bonds is 7. The standard InChI is InChI=1S/C25H32N2O4/c1-18(2)19-5-7-20(8-6-19)25(29)27-15-13-26(14-16-27)24(28)12-9-21-17-22(30-3)10-11-23(21)31-4/h5-8,10-11,17-18H,9,12-16H2,1-4H3. The van der Waals surface area contributed by atoms with E-state index in [1.54, 1.807) is 14.2 Å². The molecule has 0 saturated carbocycles. The number of hydrogen-bond donors (Lipinski definition) is 0. The fourth-order valence-electron chi connectivity index (χ4n) is 3.83. The Morgan fingerprint density at radius 1 is 0.903 bits per heavy atom. The summed E-state index contributed by atoms with van der Waals surface area (Å²) < 4.78 is 10.7. The third-order valence-corrected chi connectivity index (χ3v) is 5.84. The lowest BCUT2D eigenvalue weighted by atomic mass is 10.0. The summed E-state index contributed by atoms with van der Waals surface area (Å²) in [6.07, 6.45) is 0.981. The van der Waals surface area contributed by atoms with Gasteiger partial charge >= 0.3 is 0 Å². The molecule has 6 nitrogen and oxygen atoms in total. The SMILES string of the molecule is COc1ccc(OC)c(CCC(=O)N2CCN(C(=O)c3ccc(C(C)C)cc3)CC2)c1. The van der Waals surface area contributed by atoms with Gasteiger partial charge in [-0.3, -0.25) is 9.59 Å². The quantitative estimate of drug-likeness (QED) is 0.679. The number of nitrogens with zero attached hydrogens (tertiary/aromatic N) is 2. The molecule has 0 aliphatic carbocycles. The molecular formula is C25H32N2O4. The average Bonchev–Trinajstić information content (AvgIpc) is 2.81. The predicted molar refractivity (Wildman–Crippen MR) is 121 cm³/mol. The molecule has 1 aliphatic rings. The molecule has 0 N–H and O–H groups in total. The zero-order chi connectivity index (χ0) is 22.4. The maximum Gasteiger partial charge on any atom is 0.253 e. The van der Waals surface area contributed by atoms with Crippen LogP contribution in [0.4, 0.5) is 0 Å². The van der Waals surface area contributed by atoms with Gasteiger partial charge in [0, 0.05) is 38.2 Å². The highest BCUT2D eigenvalue weighted by molar-refractivity contribution is 5.94. The topological polar surface area (TPSA) is 59.1 Å². The summed E-state index contributed by atoms with van der Waals surface area (Å²) in [6.45, 7) is 6.50. The average molecular weight is 425 g/mol. The summed E-state index contributed by atoms with van der Waals surface area (Å²) in [5, 5.41) is 0. The lowest BCUT2D eigenvalue weighted by molar-refractivity contribution is -0.132. The smallest absolute Gasteiger partial charge is 0.253 e. The van der Waals surface area contributed by atoms with Gasteiger partial charge in [0.05, 0.1) is 14.2 Å². The van der Waals surface area contributed by atoms with Crippen molar-refractivity contribution in [2.24, 2.45) is 0 Å². The van der Waals surface area contributed by atoms with Crippen molar-refractivity contribution in [1.29, 1.82) is 0 Å². The summed E-state index contributed by atoms with van der Waals surface area (Å²) in [4.78, 5) is 29.2. The Balaban J connectivity index is 1.52. The number of carbonyl (C=O) groups is 2. The lowest BCUT2D eigenvalue weighted by Crippen LogP contribution is -2.50. The van der Waals surface area contributed by atoms with E-state index in [2.05, 4.69) is 13.8 Å². The van der Waals surface area contributed by atoms with Crippen molar-refractivity contribution in [3.63, 3.8) is 0 Å². The Kier molecular flexibility index (Phi) is 7.55. The lowest BCUT2D eigenvalue weighted by Gasteiger charge is -2.35. The largest absolute Gasteiger partial charge is 0.497 e. The molecule has 2 aromatic carbocycles. The van der Waals surface area contributed by atoms with Crippen LogP contribution in [0.1, 0.15) is 47.7 Å². The molecule has 0 radical (unpaired) electrons. The molecule has 2 aromatic rings. The van der Waals surface area contributed by atoms with Crippen LogP contribution in [0.25, 0.3) is 0 Å². The van der Waals surface area contributed by atoms with Crippen LogP contribution in [0.3, 0.4) is 0 Å². The minimum atomic E-state index is 0.0310. The Morgan fingerprint density at radius 2 is 1.55 bits per heavy atom. The number of carbonyl (C=O) groups excluding carboxylic acids is 2. The van der Waals surface area contributed by atoms with Gasteiger partial charge in [-0.2, -0.15) is 0 Å². The first-order valence-electron chi connectivity index (χ1n) is 10.8. The van der Waals surface area contributed by atoms with Crippen molar-refractivity contribution in [2.75, 3.05) is 40.4 Å². The zero-order valence-electron chi connectivity index (χ0n) is 18.9. The molecule has 166 valence electrons. The second kappa shape index (κ2) is 10.3. The van der Waals surface area contributed by atoms with E-state index >= 15 is 0 Å². The molecule has 0 bridgehead atoms. The van der Waals surface area contributed by atoms with E-state index in [9.17, 15) is 9.59 Å². The highest BCUT2D eigenvalue weighted by atomic mass is 16.5. The van der Waals surface area contributed by atoms with Gasteiger partial charge in [-0.1, -0.05) is 26.0 Å². The van der Waals surface area contributed by atoms with E-state index in [1.165, 1.54) is 5.56 Å². The first kappa shape index (κ1) is 22.7. The van der Waals surface area contributed by atoms with Crippen LogP contribution in [0.15, 0.2) is 42.5 Å². The molecule has 3 rings (SSSR count). The maximum absolute atomic E-state index is 12.8. The summed E-state index contributed by atoms with van der Waals surface area (Å²) in [6, 6.07) is 13.4. The van der Waals surface area contributed by atoms with E-state index in [4.69, 9.17) is 9.47 Å². The van der Waals surface area contributed by atoms with E-state index in [0.717, 1.165) is 17.1 Å². The Bertz CT molecular complexity index is 900. The number of aryl methyl sites for hydroxylation is 1. The highest BCUT2D eigenvalue weighted by Crippen LogP contribution is 2.25. The van der Waals surface area contributed by atoms with E-state index in [0.29, 0.717) is 50.5 Å². The van der Waals surface area contributed by atoms with Crippen molar-refractivity contribution in [3.8, 4) is 11.5 Å². The monoisotopic (exact) mass is 424 g/mol. The molecule has 0 unspecified atom stereocenters. The maximum atomic E-state index is 12.8. The number of benzene rings is 2. The van der Waals surface area contributed by atoms with Crippen molar-refractivity contribution in [1.82, 2.24) is 9.80 Å². The third kappa shape index (κ3) is 5.57. The van der Waals surface area contributed by atoms with Crippen LogP contribution in [-0.2, 0) is 11.2 Å². The van der Waals surface area contributed by atoms with Crippen molar-refractivity contribution in [2.45, 2.75) is 32.6 Å². The molecule has 31 heavy (non-hydrogen) atoms. The number of piperazine rings is 1. The number of amides is 2. The summed E-state index contributed by atoms with van der Waals surface area (Å²) >= 11 is 0. The van der Waals surface area contributed by atoms with Crippen LogP contribution in [0.2, 0.25) is 0 Å². The van der Waals surface area contributed by atoms with Crippen LogP contribution in [-0.4, -0.2) is 62.0 Å². The molecule has 1 saturated heterocycles. The Morgan fingerprint density at radius 3 is 2.13 bits per heavy atom. The molecule has 6 heteroatoms. The number of ether oxygens (including phenoxy) is 2. The molecule has 0 spiro atoms. The molecule has 2 amide bonds. The van der Waals surface area contributed by atoms with Gasteiger partial charge in [0.1, 0.15) is 11.5 Å². The normalized spacial score (nSPS) is 14.0. The van der Waals surface area contributed by atoms with Gasteiger partial charge in [0.25, 0.3) is 5.91 Å². The second-order valence-electron chi connectivity index (χ2n) is 8.13. The molecule has 1 heterocycles. The molecule has 0 aromatic heterocycles. The van der Waals surface area contributed by atoms with Crippen LogP contribution >= 0.6 is 0 Å². The fraction of sp³-hybridized carbons (Fsp3) is 0.440. The molecular weight excluding hydrogens is 392 g/mol. The van der Waals surface area contributed by atoms with Crippen LogP contribution < -0.4 is 9.47 Å². The van der Waals surface area contributed by atoms with Crippen LogP contribution in [0.5, 0.6) is 11.5 Å². The summed E-state index contributed by atoms with van der Waals surface area (Å²) in [5.74, 6) is 2.07. The third-order valence-electron chi connectivity index (χ3n) is 5.84. The van der Waals surface area contributed by atoms with Crippen LogP contribution in [0, 0.1) is 0 Å². The number of hydrogen-bond acceptors (Lipinski definition) is 4. The predicted octanol–water partition coefficient (Wildman–Crippen LogP) is 3.74. The van der Waals surface area contributed by atoms with Crippen molar-refractivity contribution >= 4 is 11.8 Å². The summed E-state index contributed by atoms with van der Waals surface area (Å²) in [5.41, 5.74) is 2.88. The first-order chi connectivity index (χ1) is 14.9. The second-order valence-corrected chi connectivity index (χ2v) is 8.13. The first-order valence-corrected chi connectivity index (χ1v) is 10.8. The van der Waals surface area contributed by atoms with Crippen molar-refractivity contribution < 1.29 is 19.1 Å². The fourth-order valence-corrected chi connectivity index (χ4v) is 3.83. The molecule has 1 fully saturated rings. The minimum absolute atomic E-state index is 0.0310. The Labute approximate surface area is 184 Å². The van der Waals surface area contributed by atoms with E-state index in [-0.39, 0.29) is 11.8 Å². The van der Waals surface area contributed by atoms with Gasteiger partial charge in [-0.25, -0.2) is 0 Å². The molecule has 0 atom stereocenters. The van der Waals surface area contributed by atoms with Gasteiger partial charge in [-0.05, 0) is 53.8 Å². The zero-order valence-corrected chi connectivity index (χ0v) is 18.9. The molecule has 1 aliphatic heterocycles. The van der Waals surface area contributed by atoms with Gasteiger partial charge in [-0.15, -0.1) is 0 Å². The minimum Gasteiger partial charge on any atom is -0.497 e. The van der Waals surface area contributed by atoms with E-state index < -0.39 is 0 Å². The van der Waals surface area contributed by atoms with Crippen molar-refractivity contribution in [3.05, 3.63) is 59.2 Å². The highest BCUT2D eigenvalue weighted by Gasteiger charge is 2.25.